The first-order valence-corrected chi connectivity index (χ1v) is 13.0. The van der Waals surface area contributed by atoms with E-state index in [1.165, 1.54) is 0 Å². The summed E-state index contributed by atoms with van der Waals surface area (Å²) in [4.78, 5) is 25.1. The Kier molecular flexibility index (Phi) is 9.32. The molecule has 1 aliphatic rings. The molecular formula is C26H32BrN5O4. The zero-order valence-corrected chi connectivity index (χ0v) is 22.3. The maximum Gasteiger partial charge on any atom is 0.320 e. The fraction of sp³-hybridized carbons (Fsp3) is 0.423. The van der Waals surface area contributed by atoms with Crippen molar-refractivity contribution in [3.8, 4) is 11.5 Å². The van der Waals surface area contributed by atoms with Gasteiger partial charge in [0.05, 0.1) is 25.3 Å². The van der Waals surface area contributed by atoms with E-state index in [1.54, 1.807) is 6.33 Å². The fourth-order valence-corrected chi connectivity index (χ4v) is 4.49. The second kappa shape index (κ2) is 12.8. The molecule has 9 nitrogen and oxygen atoms in total. The topological polar surface area (TPSA) is 89.1 Å². The zero-order chi connectivity index (χ0) is 25.3. The molecule has 0 atom stereocenters. The first kappa shape index (κ1) is 26.1. The summed E-state index contributed by atoms with van der Waals surface area (Å²) < 4.78 is 18.1. The summed E-state index contributed by atoms with van der Waals surface area (Å²) >= 11 is 3.50. The first-order valence-electron chi connectivity index (χ1n) is 12.2. The summed E-state index contributed by atoms with van der Waals surface area (Å²) in [6, 6.07) is 11.8. The highest BCUT2D eigenvalue weighted by Gasteiger charge is 2.20. The Balaban J connectivity index is 1.39. The van der Waals surface area contributed by atoms with Crippen LogP contribution in [0.25, 0.3) is 10.9 Å². The molecule has 1 fully saturated rings. The number of carbonyl (C=O) groups is 1. The highest BCUT2D eigenvalue weighted by Crippen LogP contribution is 2.35. The van der Waals surface area contributed by atoms with Crippen LogP contribution in [0.4, 0.5) is 11.5 Å². The minimum atomic E-state index is -0.159. The molecule has 0 radical (unpaired) electrons. The third-order valence-corrected chi connectivity index (χ3v) is 6.37. The number of anilines is 2. The van der Waals surface area contributed by atoms with Crippen LogP contribution >= 0.6 is 15.9 Å². The summed E-state index contributed by atoms with van der Waals surface area (Å²) in [7, 11) is 0. The number of nitrogens with one attached hydrogen (secondary N) is 1. The SMILES string of the molecule is CCOC(=O)CN1CCN(CCOc2cc3ncnc(Nc4cccc(Br)c4)c3cc2OCC)CC1. The lowest BCUT2D eigenvalue weighted by Crippen LogP contribution is -2.49. The second-order valence-corrected chi connectivity index (χ2v) is 9.29. The molecule has 0 spiro atoms. The van der Waals surface area contributed by atoms with E-state index in [-0.39, 0.29) is 5.97 Å². The van der Waals surface area contributed by atoms with Crippen molar-refractivity contribution in [1.82, 2.24) is 19.8 Å². The van der Waals surface area contributed by atoms with E-state index in [4.69, 9.17) is 14.2 Å². The Morgan fingerprint density at radius 2 is 1.78 bits per heavy atom. The third kappa shape index (κ3) is 7.05. The molecule has 2 aromatic carbocycles. The average Bonchev–Trinajstić information content (AvgIpc) is 2.86. The first-order chi connectivity index (χ1) is 17.6. The molecule has 1 saturated heterocycles. The maximum absolute atomic E-state index is 11.7. The van der Waals surface area contributed by atoms with Crippen LogP contribution < -0.4 is 14.8 Å². The molecule has 1 N–H and O–H groups in total. The number of esters is 1. The number of hydrogen-bond acceptors (Lipinski definition) is 9. The average molecular weight is 558 g/mol. The van der Waals surface area contributed by atoms with Gasteiger partial charge in [-0.25, -0.2) is 9.97 Å². The van der Waals surface area contributed by atoms with Crippen molar-refractivity contribution in [3.05, 3.63) is 47.2 Å². The van der Waals surface area contributed by atoms with Crippen molar-refractivity contribution in [2.24, 2.45) is 0 Å². The monoisotopic (exact) mass is 557 g/mol. The van der Waals surface area contributed by atoms with E-state index < -0.39 is 0 Å². The molecule has 3 aromatic rings. The molecule has 4 rings (SSSR count). The van der Waals surface area contributed by atoms with Crippen LogP contribution in [-0.4, -0.2) is 84.8 Å². The van der Waals surface area contributed by atoms with Gasteiger partial charge in [0.15, 0.2) is 11.5 Å². The van der Waals surface area contributed by atoms with E-state index in [2.05, 4.69) is 41.0 Å². The maximum atomic E-state index is 11.7. The number of carbonyl (C=O) groups excluding carboxylic acids is 1. The van der Waals surface area contributed by atoms with Gasteiger partial charge in [-0.2, -0.15) is 0 Å². The van der Waals surface area contributed by atoms with Gasteiger partial charge in [-0.1, -0.05) is 22.0 Å². The van der Waals surface area contributed by atoms with E-state index in [0.717, 1.165) is 53.8 Å². The van der Waals surface area contributed by atoms with E-state index in [9.17, 15) is 4.79 Å². The van der Waals surface area contributed by atoms with Gasteiger partial charge in [0.1, 0.15) is 18.8 Å². The Bertz CT molecular complexity index is 1170. The van der Waals surface area contributed by atoms with Crippen molar-refractivity contribution in [2.75, 3.05) is 64.4 Å². The van der Waals surface area contributed by atoms with Crippen molar-refractivity contribution in [3.63, 3.8) is 0 Å². The van der Waals surface area contributed by atoms with Crippen molar-refractivity contribution in [1.29, 1.82) is 0 Å². The number of fused-ring (bicyclic) bond motifs is 1. The van der Waals surface area contributed by atoms with E-state index in [0.29, 0.717) is 43.7 Å². The molecule has 192 valence electrons. The van der Waals surface area contributed by atoms with Gasteiger partial charge in [-0.3, -0.25) is 14.6 Å². The summed E-state index contributed by atoms with van der Waals surface area (Å²) in [6.45, 7) is 9.83. The van der Waals surface area contributed by atoms with E-state index >= 15 is 0 Å². The Hall–Kier alpha value is -2.95. The third-order valence-electron chi connectivity index (χ3n) is 5.88. The molecular weight excluding hydrogens is 526 g/mol. The Morgan fingerprint density at radius 1 is 1.00 bits per heavy atom. The van der Waals surface area contributed by atoms with Crippen molar-refractivity contribution in [2.45, 2.75) is 13.8 Å². The quantitative estimate of drug-likeness (QED) is 0.350. The minimum Gasteiger partial charge on any atom is -0.490 e. The molecule has 1 aromatic heterocycles. The summed E-state index contributed by atoms with van der Waals surface area (Å²) in [5, 5.41) is 4.22. The summed E-state index contributed by atoms with van der Waals surface area (Å²) in [5.74, 6) is 1.87. The van der Waals surface area contributed by atoms with Crippen LogP contribution in [0.1, 0.15) is 13.8 Å². The number of rotatable bonds is 11. The molecule has 2 heterocycles. The van der Waals surface area contributed by atoms with Gasteiger partial charge >= 0.3 is 5.97 Å². The van der Waals surface area contributed by atoms with Crippen LogP contribution in [0.5, 0.6) is 11.5 Å². The van der Waals surface area contributed by atoms with Gasteiger partial charge in [-0.15, -0.1) is 0 Å². The fourth-order valence-electron chi connectivity index (χ4n) is 4.09. The van der Waals surface area contributed by atoms with Crippen molar-refractivity contribution < 1.29 is 19.0 Å². The molecule has 10 heteroatoms. The zero-order valence-electron chi connectivity index (χ0n) is 20.7. The molecule has 0 unspecified atom stereocenters. The number of benzene rings is 2. The molecule has 0 bridgehead atoms. The van der Waals surface area contributed by atoms with Gasteiger partial charge in [0.25, 0.3) is 0 Å². The Morgan fingerprint density at radius 3 is 2.53 bits per heavy atom. The minimum absolute atomic E-state index is 0.159. The van der Waals surface area contributed by atoms with Crippen LogP contribution in [-0.2, 0) is 9.53 Å². The summed E-state index contributed by atoms with van der Waals surface area (Å²) in [6.07, 6.45) is 1.54. The largest absolute Gasteiger partial charge is 0.490 e. The number of hydrogen-bond donors (Lipinski definition) is 1. The molecule has 0 aliphatic carbocycles. The van der Waals surface area contributed by atoms with Crippen LogP contribution in [0.3, 0.4) is 0 Å². The molecule has 1 aliphatic heterocycles. The van der Waals surface area contributed by atoms with Gasteiger partial charge in [0.2, 0.25) is 0 Å². The number of nitrogens with zero attached hydrogens (tertiary/aromatic N) is 4. The Labute approximate surface area is 219 Å². The normalized spacial score (nSPS) is 14.5. The second-order valence-electron chi connectivity index (χ2n) is 8.38. The number of piperazine rings is 1. The van der Waals surface area contributed by atoms with Gasteiger partial charge in [-0.05, 0) is 38.1 Å². The van der Waals surface area contributed by atoms with Crippen LogP contribution in [0, 0.1) is 0 Å². The number of ether oxygens (including phenoxy) is 3. The molecule has 36 heavy (non-hydrogen) atoms. The van der Waals surface area contributed by atoms with Gasteiger partial charge < -0.3 is 19.5 Å². The standard InChI is InChI=1S/C26H32BrN5O4/c1-3-34-23-15-21-22(28-18-29-26(21)30-20-7-5-6-19(27)14-20)16-24(23)36-13-12-31-8-10-32(11-9-31)17-25(33)35-4-2/h5-7,14-16,18H,3-4,8-13,17H2,1-2H3,(H,28,29,30). The lowest BCUT2D eigenvalue weighted by molar-refractivity contribution is -0.144. The smallest absolute Gasteiger partial charge is 0.320 e. The number of halogens is 1. The molecule has 0 amide bonds. The van der Waals surface area contributed by atoms with Gasteiger partial charge in [0, 0.05) is 54.3 Å². The van der Waals surface area contributed by atoms with E-state index in [1.807, 2.05) is 50.2 Å². The van der Waals surface area contributed by atoms with Crippen LogP contribution in [0.15, 0.2) is 47.2 Å². The highest BCUT2D eigenvalue weighted by molar-refractivity contribution is 9.10. The molecule has 0 saturated carbocycles. The lowest BCUT2D eigenvalue weighted by Gasteiger charge is -2.33. The van der Waals surface area contributed by atoms with Crippen LogP contribution in [0.2, 0.25) is 0 Å². The predicted octanol–water partition coefficient (Wildman–Crippen LogP) is 4.09. The lowest BCUT2D eigenvalue weighted by atomic mass is 10.2. The highest BCUT2D eigenvalue weighted by atomic mass is 79.9. The predicted molar refractivity (Wildman–Crippen MR) is 143 cm³/mol. The summed E-state index contributed by atoms with van der Waals surface area (Å²) in [5.41, 5.74) is 1.69. The van der Waals surface area contributed by atoms with Crippen molar-refractivity contribution >= 4 is 44.3 Å². The number of aromatic nitrogens is 2.